The van der Waals surface area contributed by atoms with E-state index in [0.717, 1.165) is 19.3 Å². The highest BCUT2D eigenvalue weighted by Gasteiger charge is 2.53. The first kappa shape index (κ1) is 18.7. The van der Waals surface area contributed by atoms with Gasteiger partial charge in [-0.3, -0.25) is 4.79 Å². The number of nitrogens with one attached hydrogen (secondary N) is 1. The maximum atomic E-state index is 12.1. The molecule has 19 heavy (non-hydrogen) atoms. The quantitative estimate of drug-likeness (QED) is 0.788. The Labute approximate surface area is 123 Å². The second-order valence-electron chi connectivity index (χ2n) is 5.61. The van der Waals surface area contributed by atoms with Gasteiger partial charge in [-0.2, -0.15) is 0 Å². The third-order valence-corrected chi connectivity index (χ3v) is 4.90. The summed E-state index contributed by atoms with van der Waals surface area (Å²) >= 11 is 0. The van der Waals surface area contributed by atoms with Crippen LogP contribution in [0.1, 0.15) is 47.0 Å². The van der Waals surface area contributed by atoms with Crippen LogP contribution in [0.15, 0.2) is 0 Å². The van der Waals surface area contributed by atoms with Crippen molar-refractivity contribution in [1.29, 1.82) is 0 Å². The van der Waals surface area contributed by atoms with Crippen LogP contribution in [0.5, 0.6) is 0 Å². The van der Waals surface area contributed by atoms with E-state index in [9.17, 15) is 4.79 Å². The first-order valence-electron chi connectivity index (χ1n) is 7.01. The second kappa shape index (κ2) is 7.46. The molecule has 0 heterocycles. The number of nitrogens with two attached hydrogens (primary N) is 1. The molecule has 114 valence electrons. The summed E-state index contributed by atoms with van der Waals surface area (Å²) in [5.41, 5.74) is 5.87. The Hall–Kier alpha value is -0.320. The van der Waals surface area contributed by atoms with Gasteiger partial charge in [0.2, 0.25) is 5.91 Å². The Morgan fingerprint density at radius 1 is 1.42 bits per heavy atom. The predicted molar refractivity (Wildman–Crippen MR) is 80.4 cm³/mol. The molecule has 1 fully saturated rings. The topological polar surface area (TPSA) is 64.4 Å². The van der Waals surface area contributed by atoms with E-state index in [1.54, 1.807) is 7.11 Å². The molecule has 4 unspecified atom stereocenters. The summed E-state index contributed by atoms with van der Waals surface area (Å²) in [5, 5.41) is 3.16. The van der Waals surface area contributed by atoms with Crippen LogP contribution in [-0.4, -0.2) is 31.2 Å². The highest BCUT2D eigenvalue weighted by Crippen LogP contribution is 2.48. The minimum atomic E-state index is -0.141. The van der Waals surface area contributed by atoms with Gasteiger partial charge in [-0.25, -0.2) is 0 Å². The lowest BCUT2D eigenvalue weighted by Gasteiger charge is -2.55. The van der Waals surface area contributed by atoms with Crippen molar-refractivity contribution in [2.24, 2.45) is 17.1 Å². The van der Waals surface area contributed by atoms with Crippen molar-refractivity contribution in [1.82, 2.24) is 5.32 Å². The monoisotopic (exact) mass is 292 g/mol. The normalized spacial score (nSPS) is 27.7. The van der Waals surface area contributed by atoms with Gasteiger partial charge in [-0.1, -0.05) is 20.8 Å². The van der Waals surface area contributed by atoms with E-state index in [-0.39, 0.29) is 47.8 Å². The van der Waals surface area contributed by atoms with Gasteiger partial charge >= 0.3 is 0 Å². The van der Waals surface area contributed by atoms with Crippen LogP contribution in [0.25, 0.3) is 0 Å². The number of halogens is 1. The van der Waals surface area contributed by atoms with E-state index in [4.69, 9.17) is 10.5 Å². The molecule has 1 rings (SSSR count). The SMILES string of the molecule is CCC1(CC)C(NC(=O)C(C)C(C)N)CC1OC.Cl. The van der Waals surface area contributed by atoms with Crippen molar-refractivity contribution in [2.45, 2.75) is 65.1 Å². The lowest BCUT2D eigenvalue weighted by Crippen LogP contribution is -2.65. The summed E-state index contributed by atoms with van der Waals surface area (Å²) in [6, 6.07) is 0.118. The van der Waals surface area contributed by atoms with Crippen LogP contribution in [0.4, 0.5) is 0 Å². The number of methoxy groups -OCH3 is 1. The van der Waals surface area contributed by atoms with Gasteiger partial charge in [0.15, 0.2) is 0 Å². The van der Waals surface area contributed by atoms with Gasteiger partial charge < -0.3 is 15.8 Å². The highest BCUT2D eigenvalue weighted by atomic mass is 35.5. The average molecular weight is 293 g/mol. The number of carbonyl (C=O) groups is 1. The number of rotatable bonds is 6. The Morgan fingerprint density at radius 3 is 2.32 bits per heavy atom. The number of ether oxygens (including phenoxy) is 1. The predicted octanol–water partition coefficient (Wildman–Crippen LogP) is 2.10. The molecule has 0 saturated heterocycles. The summed E-state index contributed by atoms with van der Waals surface area (Å²) in [6.07, 6.45) is 3.23. The molecular formula is C14H29ClN2O2. The fourth-order valence-electron chi connectivity index (χ4n) is 3.02. The van der Waals surface area contributed by atoms with E-state index < -0.39 is 0 Å². The van der Waals surface area contributed by atoms with Gasteiger partial charge in [0, 0.05) is 30.5 Å². The van der Waals surface area contributed by atoms with Crippen LogP contribution < -0.4 is 11.1 Å². The molecule has 0 aromatic carbocycles. The summed E-state index contributed by atoms with van der Waals surface area (Å²) in [5.74, 6) is -0.0752. The van der Waals surface area contributed by atoms with Gasteiger partial charge in [0.05, 0.1) is 6.10 Å². The maximum absolute atomic E-state index is 12.1. The van der Waals surface area contributed by atoms with E-state index in [0.29, 0.717) is 0 Å². The minimum Gasteiger partial charge on any atom is -0.381 e. The molecule has 4 nitrogen and oxygen atoms in total. The maximum Gasteiger partial charge on any atom is 0.224 e. The van der Waals surface area contributed by atoms with E-state index in [1.807, 2.05) is 13.8 Å². The van der Waals surface area contributed by atoms with Crippen molar-refractivity contribution in [3.05, 3.63) is 0 Å². The molecule has 1 saturated carbocycles. The first-order valence-corrected chi connectivity index (χ1v) is 7.01. The van der Waals surface area contributed by atoms with Crippen LogP contribution in [0, 0.1) is 11.3 Å². The molecule has 5 heteroatoms. The zero-order valence-electron chi connectivity index (χ0n) is 12.7. The lowest BCUT2D eigenvalue weighted by atomic mass is 9.58. The number of amides is 1. The number of hydrogen-bond donors (Lipinski definition) is 2. The third kappa shape index (κ3) is 3.41. The van der Waals surface area contributed by atoms with Crippen molar-refractivity contribution in [3.63, 3.8) is 0 Å². The van der Waals surface area contributed by atoms with E-state index in [2.05, 4.69) is 19.2 Å². The van der Waals surface area contributed by atoms with Crippen molar-refractivity contribution in [3.8, 4) is 0 Å². The minimum absolute atomic E-state index is 0. The van der Waals surface area contributed by atoms with Crippen molar-refractivity contribution < 1.29 is 9.53 Å². The molecule has 1 amide bonds. The molecule has 4 atom stereocenters. The molecule has 3 N–H and O–H groups in total. The smallest absolute Gasteiger partial charge is 0.224 e. The molecule has 0 aliphatic heterocycles. The number of carbonyl (C=O) groups excluding carboxylic acids is 1. The zero-order chi connectivity index (χ0) is 13.9. The van der Waals surface area contributed by atoms with Crippen LogP contribution in [0.3, 0.4) is 0 Å². The van der Waals surface area contributed by atoms with Gasteiger partial charge in [0.1, 0.15) is 0 Å². The van der Waals surface area contributed by atoms with Crippen LogP contribution >= 0.6 is 12.4 Å². The average Bonchev–Trinajstić information content (AvgIpc) is 2.34. The fourth-order valence-corrected chi connectivity index (χ4v) is 3.02. The molecule has 0 spiro atoms. The molecular weight excluding hydrogens is 264 g/mol. The van der Waals surface area contributed by atoms with Gasteiger partial charge in [-0.15, -0.1) is 12.4 Å². The zero-order valence-corrected chi connectivity index (χ0v) is 13.5. The fraction of sp³-hybridized carbons (Fsp3) is 0.929. The van der Waals surface area contributed by atoms with Gasteiger partial charge in [0.25, 0.3) is 0 Å². The Morgan fingerprint density at radius 2 is 1.95 bits per heavy atom. The molecule has 1 aliphatic carbocycles. The van der Waals surface area contributed by atoms with Crippen molar-refractivity contribution in [2.75, 3.05) is 7.11 Å². The first-order chi connectivity index (χ1) is 8.42. The molecule has 0 aromatic heterocycles. The Bertz CT molecular complexity index is 293. The van der Waals surface area contributed by atoms with Crippen molar-refractivity contribution >= 4 is 18.3 Å². The second-order valence-corrected chi connectivity index (χ2v) is 5.61. The molecule has 0 bridgehead atoms. The summed E-state index contributed by atoms with van der Waals surface area (Å²) in [4.78, 5) is 12.1. The highest BCUT2D eigenvalue weighted by molar-refractivity contribution is 5.85. The number of hydrogen-bond acceptors (Lipinski definition) is 3. The largest absolute Gasteiger partial charge is 0.381 e. The molecule has 0 aromatic rings. The third-order valence-electron chi connectivity index (χ3n) is 4.90. The Kier molecular flexibility index (Phi) is 7.33. The van der Waals surface area contributed by atoms with E-state index in [1.165, 1.54) is 0 Å². The van der Waals surface area contributed by atoms with Gasteiger partial charge in [-0.05, 0) is 26.2 Å². The molecule has 1 aliphatic rings. The van der Waals surface area contributed by atoms with Crippen LogP contribution in [0.2, 0.25) is 0 Å². The Balaban J connectivity index is 0.00000324. The summed E-state index contributed by atoms with van der Waals surface area (Å²) in [7, 11) is 1.76. The standard InChI is InChI=1S/C14H28N2O2.ClH/c1-6-14(7-2)11(8-12(14)18-5)16-13(17)9(3)10(4)15;/h9-12H,6-8,15H2,1-5H3,(H,16,17);1H. The molecule has 0 radical (unpaired) electrons. The van der Waals surface area contributed by atoms with Crippen LogP contribution in [-0.2, 0) is 9.53 Å². The summed E-state index contributed by atoms with van der Waals surface area (Å²) < 4.78 is 5.53. The lowest BCUT2D eigenvalue weighted by molar-refractivity contribution is -0.144. The summed E-state index contributed by atoms with van der Waals surface area (Å²) in [6.45, 7) is 8.09. The van der Waals surface area contributed by atoms with E-state index >= 15 is 0 Å².